The third-order valence-electron chi connectivity index (χ3n) is 3.41. The van der Waals surface area contributed by atoms with Crippen molar-refractivity contribution in [3.05, 3.63) is 22.6 Å². The Balaban J connectivity index is 2.26. The SMILES string of the molecule is CC1CCC(C#N)(C(O)c2ccc(Br)o2)C1. The number of nitrogens with zero attached hydrogens (tertiary/aromatic N) is 1. The van der Waals surface area contributed by atoms with E-state index in [4.69, 9.17) is 4.42 Å². The van der Waals surface area contributed by atoms with Gasteiger partial charge in [0.25, 0.3) is 0 Å². The van der Waals surface area contributed by atoms with E-state index in [1.54, 1.807) is 12.1 Å². The van der Waals surface area contributed by atoms with Crippen molar-refractivity contribution >= 4 is 15.9 Å². The van der Waals surface area contributed by atoms with Gasteiger partial charge in [-0.2, -0.15) is 5.26 Å². The van der Waals surface area contributed by atoms with Crippen molar-refractivity contribution in [2.75, 3.05) is 0 Å². The number of hydrogen-bond donors (Lipinski definition) is 1. The largest absolute Gasteiger partial charge is 0.452 e. The molecular weight excluding hydrogens is 270 g/mol. The van der Waals surface area contributed by atoms with E-state index in [0.717, 1.165) is 19.3 Å². The molecule has 1 N–H and O–H groups in total. The zero-order valence-corrected chi connectivity index (χ0v) is 10.7. The molecule has 1 aromatic heterocycles. The van der Waals surface area contributed by atoms with Gasteiger partial charge in [0.05, 0.1) is 11.5 Å². The topological polar surface area (TPSA) is 57.2 Å². The van der Waals surface area contributed by atoms with Gasteiger partial charge in [-0.15, -0.1) is 0 Å². The minimum absolute atomic E-state index is 0.475. The van der Waals surface area contributed by atoms with Crippen molar-refractivity contribution in [1.29, 1.82) is 5.26 Å². The van der Waals surface area contributed by atoms with E-state index in [9.17, 15) is 10.4 Å². The number of furan rings is 1. The summed E-state index contributed by atoms with van der Waals surface area (Å²) in [5.41, 5.74) is -0.670. The van der Waals surface area contributed by atoms with Crippen LogP contribution in [0, 0.1) is 22.7 Å². The van der Waals surface area contributed by atoms with E-state index in [1.165, 1.54) is 0 Å². The highest BCUT2D eigenvalue weighted by Gasteiger charge is 2.45. The van der Waals surface area contributed by atoms with E-state index < -0.39 is 11.5 Å². The van der Waals surface area contributed by atoms with Crippen LogP contribution in [0.4, 0.5) is 0 Å². The lowest BCUT2D eigenvalue weighted by Crippen LogP contribution is -2.24. The highest BCUT2D eigenvalue weighted by molar-refractivity contribution is 9.10. The van der Waals surface area contributed by atoms with Gasteiger partial charge < -0.3 is 9.52 Å². The third-order valence-corrected chi connectivity index (χ3v) is 3.83. The maximum absolute atomic E-state index is 10.3. The second-order valence-electron chi connectivity index (χ2n) is 4.66. The van der Waals surface area contributed by atoms with Crippen LogP contribution in [0.5, 0.6) is 0 Å². The lowest BCUT2D eigenvalue weighted by Gasteiger charge is -2.25. The average Bonchev–Trinajstić information content (AvgIpc) is 2.85. The molecule has 0 aliphatic heterocycles. The number of hydrogen-bond acceptors (Lipinski definition) is 3. The molecule has 1 aliphatic carbocycles. The maximum Gasteiger partial charge on any atom is 0.169 e. The lowest BCUT2D eigenvalue weighted by atomic mass is 9.80. The van der Waals surface area contributed by atoms with Gasteiger partial charge in [-0.3, -0.25) is 0 Å². The number of halogens is 1. The molecule has 1 aromatic rings. The van der Waals surface area contributed by atoms with Crippen LogP contribution in [-0.4, -0.2) is 5.11 Å². The van der Waals surface area contributed by atoms with Crippen LogP contribution in [0.1, 0.15) is 38.1 Å². The Kier molecular flexibility index (Phi) is 3.09. The van der Waals surface area contributed by atoms with Gasteiger partial charge in [0.15, 0.2) is 4.67 Å². The summed E-state index contributed by atoms with van der Waals surface area (Å²) in [5, 5.41) is 19.6. The summed E-state index contributed by atoms with van der Waals surface area (Å²) in [6.45, 7) is 2.11. The fourth-order valence-electron chi connectivity index (χ4n) is 2.49. The summed E-state index contributed by atoms with van der Waals surface area (Å²) in [5.74, 6) is 0.968. The Morgan fingerprint density at radius 1 is 1.69 bits per heavy atom. The van der Waals surface area contributed by atoms with Crippen molar-refractivity contribution in [3.8, 4) is 6.07 Å². The molecule has 86 valence electrons. The summed E-state index contributed by atoms with van der Waals surface area (Å²) < 4.78 is 5.92. The smallest absolute Gasteiger partial charge is 0.169 e. The van der Waals surface area contributed by atoms with Gasteiger partial charge in [0.1, 0.15) is 11.9 Å². The summed E-state index contributed by atoms with van der Waals surface area (Å²) in [7, 11) is 0. The van der Waals surface area contributed by atoms with Gasteiger partial charge in [-0.25, -0.2) is 0 Å². The molecule has 16 heavy (non-hydrogen) atoms. The summed E-state index contributed by atoms with van der Waals surface area (Å²) in [4.78, 5) is 0. The van der Waals surface area contributed by atoms with Crippen LogP contribution in [0.2, 0.25) is 0 Å². The van der Waals surface area contributed by atoms with Crippen LogP contribution in [0.15, 0.2) is 21.2 Å². The predicted molar refractivity (Wildman–Crippen MR) is 62.4 cm³/mol. The Bertz CT molecular complexity index is 423. The Morgan fingerprint density at radius 3 is 2.88 bits per heavy atom. The van der Waals surface area contributed by atoms with E-state index in [1.807, 2.05) is 0 Å². The molecule has 1 heterocycles. The van der Waals surface area contributed by atoms with Crippen LogP contribution < -0.4 is 0 Å². The Labute approximate surface area is 103 Å². The van der Waals surface area contributed by atoms with Crippen molar-refractivity contribution in [2.24, 2.45) is 11.3 Å². The predicted octanol–water partition coefficient (Wildman–Crippen LogP) is 3.41. The quantitative estimate of drug-likeness (QED) is 0.905. The molecule has 0 amide bonds. The molecule has 0 bridgehead atoms. The molecule has 3 nitrogen and oxygen atoms in total. The monoisotopic (exact) mass is 283 g/mol. The van der Waals surface area contributed by atoms with Crippen LogP contribution >= 0.6 is 15.9 Å². The fourth-order valence-corrected chi connectivity index (χ4v) is 2.81. The second kappa shape index (κ2) is 4.23. The molecule has 4 heteroatoms. The Morgan fingerprint density at radius 2 is 2.44 bits per heavy atom. The molecule has 0 radical (unpaired) electrons. The van der Waals surface area contributed by atoms with E-state index in [0.29, 0.717) is 16.3 Å². The normalized spacial score (nSPS) is 31.2. The lowest BCUT2D eigenvalue weighted by molar-refractivity contribution is 0.0448. The van der Waals surface area contributed by atoms with E-state index in [2.05, 4.69) is 28.9 Å². The first-order valence-corrected chi connectivity index (χ1v) is 6.21. The molecule has 0 saturated heterocycles. The molecule has 3 unspecified atom stereocenters. The van der Waals surface area contributed by atoms with Gasteiger partial charge >= 0.3 is 0 Å². The van der Waals surface area contributed by atoms with Gasteiger partial charge in [0, 0.05) is 0 Å². The summed E-state index contributed by atoms with van der Waals surface area (Å²) in [6.07, 6.45) is 1.65. The van der Waals surface area contributed by atoms with Gasteiger partial charge in [0.2, 0.25) is 0 Å². The highest BCUT2D eigenvalue weighted by Crippen LogP contribution is 2.49. The van der Waals surface area contributed by atoms with E-state index in [-0.39, 0.29) is 0 Å². The third kappa shape index (κ3) is 1.90. The standard InChI is InChI=1S/C12H14BrNO2/c1-8-4-5-12(6-8,7-14)11(15)9-2-3-10(13)16-9/h2-3,8,11,15H,4-6H2,1H3. The fraction of sp³-hybridized carbons (Fsp3) is 0.583. The average molecular weight is 284 g/mol. The Hall–Kier alpha value is -0.790. The minimum Gasteiger partial charge on any atom is -0.452 e. The van der Waals surface area contributed by atoms with Crippen molar-refractivity contribution < 1.29 is 9.52 Å². The molecular formula is C12H14BrNO2. The molecule has 0 aromatic carbocycles. The molecule has 1 fully saturated rings. The number of rotatable bonds is 2. The first kappa shape index (κ1) is 11.7. The molecule has 2 rings (SSSR count). The minimum atomic E-state index is -0.825. The van der Waals surface area contributed by atoms with Crippen LogP contribution in [-0.2, 0) is 0 Å². The summed E-state index contributed by atoms with van der Waals surface area (Å²) >= 11 is 3.20. The molecule has 0 spiro atoms. The van der Waals surface area contributed by atoms with Crippen LogP contribution in [0.3, 0.4) is 0 Å². The highest BCUT2D eigenvalue weighted by atomic mass is 79.9. The van der Waals surface area contributed by atoms with Gasteiger partial charge in [-0.1, -0.05) is 6.92 Å². The summed E-state index contributed by atoms with van der Waals surface area (Å²) in [6, 6.07) is 5.75. The van der Waals surface area contributed by atoms with Crippen molar-refractivity contribution in [3.63, 3.8) is 0 Å². The number of nitriles is 1. The zero-order chi connectivity index (χ0) is 11.8. The maximum atomic E-state index is 10.3. The molecule has 3 atom stereocenters. The second-order valence-corrected chi connectivity index (χ2v) is 5.44. The molecule has 1 saturated carbocycles. The van der Waals surface area contributed by atoms with Crippen molar-refractivity contribution in [1.82, 2.24) is 0 Å². The van der Waals surface area contributed by atoms with Crippen LogP contribution in [0.25, 0.3) is 0 Å². The van der Waals surface area contributed by atoms with E-state index >= 15 is 0 Å². The molecule has 1 aliphatic rings. The first-order valence-electron chi connectivity index (χ1n) is 5.42. The first-order chi connectivity index (χ1) is 7.57. The van der Waals surface area contributed by atoms with Gasteiger partial charge in [-0.05, 0) is 53.2 Å². The zero-order valence-electron chi connectivity index (χ0n) is 9.11. The van der Waals surface area contributed by atoms with Crippen molar-refractivity contribution in [2.45, 2.75) is 32.3 Å². The number of aliphatic hydroxyl groups excluding tert-OH is 1. The number of aliphatic hydroxyl groups is 1.